The Morgan fingerprint density at radius 3 is 1.39 bits per heavy atom. The summed E-state index contributed by atoms with van der Waals surface area (Å²) >= 11 is 0. The van der Waals surface area contributed by atoms with Gasteiger partial charge < -0.3 is 0 Å². The summed E-state index contributed by atoms with van der Waals surface area (Å²) in [6, 6.07) is 87.6. The fourth-order valence-corrected chi connectivity index (χ4v) is 12.8. The van der Waals surface area contributed by atoms with Gasteiger partial charge in [0.1, 0.15) is 5.82 Å². The van der Waals surface area contributed by atoms with E-state index in [0.29, 0.717) is 5.82 Å². The van der Waals surface area contributed by atoms with Crippen molar-refractivity contribution in [2.24, 2.45) is 0 Å². The molecule has 2 heterocycles. The van der Waals surface area contributed by atoms with Crippen LogP contribution in [-0.2, 0) is 10.8 Å². The van der Waals surface area contributed by atoms with E-state index >= 15 is 0 Å². The number of nitrogens with zero attached hydrogens (tertiary/aromatic N) is 3. The van der Waals surface area contributed by atoms with Crippen LogP contribution < -0.4 is 0 Å². The summed E-state index contributed by atoms with van der Waals surface area (Å²) in [6.07, 6.45) is 0. The lowest BCUT2D eigenvalue weighted by molar-refractivity contribution is 0.633. The van der Waals surface area contributed by atoms with E-state index in [9.17, 15) is 0 Å². The minimum Gasteiger partial charge on any atom is -0.293 e. The predicted molar refractivity (Wildman–Crippen MR) is 273 cm³/mol. The molecular formula is C64H39N3. The Bertz CT molecular complexity index is 3900. The van der Waals surface area contributed by atoms with Gasteiger partial charge in [-0.2, -0.15) is 0 Å². The maximum atomic E-state index is 5.53. The molecule has 0 aliphatic heterocycles. The van der Waals surface area contributed by atoms with Crippen molar-refractivity contribution in [2.45, 2.75) is 10.8 Å². The lowest BCUT2D eigenvalue weighted by atomic mass is 9.52. The average molecular weight is 850 g/mol. The molecule has 67 heavy (non-hydrogen) atoms. The van der Waals surface area contributed by atoms with Crippen LogP contribution in [0.2, 0.25) is 0 Å². The first-order valence-corrected chi connectivity index (χ1v) is 23.2. The van der Waals surface area contributed by atoms with Crippen LogP contribution >= 0.6 is 0 Å². The number of fused-ring (bicyclic) bond motifs is 21. The van der Waals surface area contributed by atoms with E-state index in [1.54, 1.807) is 0 Å². The molecule has 0 N–H and O–H groups in total. The molecule has 0 amide bonds. The highest BCUT2D eigenvalue weighted by molar-refractivity contribution is 6.20. The van der Waals surface area contributed by atoms with Crippen LogP contribution in [0.3, 0.4) is 0 Å². The maximum absolute atomic E-state index is 5.53. The number of aromatic nitrogens is 3. The summed E-state index contributed by atoms with van der Waals surface area (Å²) in [5, 5.41) is 4.76. The van der Waals surface area contributed by atoms with E-state index in [0.717, 1.165) is 33.7 Å². The van der Waals surface area contributed by atoms with Crippen molar-refractivity contribution >= 4 is 32.6 Å². The van der Waals surface area contributed by atoms with Crippen molar-refractivity contribution < 1.29 is 0 Å². The lowest BCUT2D eigenvalue weighted by Gasteiger charge is -2.48. The average Bonchev–Trinajstić information content (AvgIpc) is 4.00. The zero-order valence-corrected chi connectivity index (χ0v) is 36.4. The molecule has 0 unspecified atom stereocenters. The van der Waals surface area contributed by atoms with Crippen LogP contribution in [0.4, 0.5) is 0 Å². The van der Waals surface area contributed by atoms with Gasteiger partial charge in [-0.25, -0.2) is 9.97 Å². The second-order valence-electron chi connectivity index (χ2n) is 18.3. The molecule has 2 aromatic heterocycles. The van der Waals surface area contributed by atoms with Gasteiger partial charge in [-0.15, -0.1) is 0 Å². The molecule has 0 atom stereocenters. The Morgan fingerprint density at radius 2 is 0.791 bits per heavy atom. The molecule has 310 valence electrons. The van der Waals surface area contributed by atoms with Crippen molar-refractivity contribution in [1.82, 2.24) is 14.5 Å². The smallest absolute Gasteiger partial charge is 0.162 e. The summed E-state index contributed by atoms with van der Waals surface area (Å²) in [7, 11) is 0. The molecule has 3 heteroatoms. The van der Waals surface area contributed by atoms with Gasteiger partial charge in [-0.1, -0.05) is 218 Å². The summed E-state index contributed by atoms with van der Waals surface area (Å²) in [5.41, 5.74) is 19.7. The van der Waals surface area contributed by atoms with Crippen molar-refractivity contribution in [2.75, 3.05) is 0 Å². The predicted octanol–water partition coefficient (Wildman–Crippen LogP) is 15.1. The Kier molecular flexibility index (Phi) is 7.36. The fourth-order valence-electron chi connectivity index (χ4n) is 12.8. The van der Waals surface area contributed by atoms with Crippen molar-refractivity contribution in [3.63, 3.8) is 0 Å². The Hall–Kier alpha value is -8.66. The molecule has 0 fully saturated rings. The monoisotopic (exact) mass is 849 g/mol. The normalized spacial score (nSPS) is 14.2. The summed E-state index contributed by atoms with van der Waals surface area (Å²) in [4.78, 5) is 10.8. The number of rotatable bonds is 3. The molecule has 10 aromatic carbocycles. The van der Waals surface area contributed by atoms with Crippen molar-refractivity contribution in [1.29, 1.82) is 0 Å². The molecule has 15 rings (SSSR count). The second-order valence-corrected chi connectivity index (χ2v) is 18.3. The molecule has 3 aliphatic carbocycles. The quantitative estimate of drug-likeness (QED) is 0.177. The third-order valence-electron chi connectivity index (χ3n) is 15.3. The van der Waals surface area contributed by atoms with Crippen molar-refractivity contribution in [3.05, 3.63) is 281 Å². The first-order chi connectivity index (χ1) is 33.2. The first kappa shape index (κ1) is 36.7. The fraction of sp³-hybridized carbons (Fsp3) is 0.0312. The second kappa shape index (κ2) is 13.4. The highest BCUT2D eigenvalue weighted by Gasteiger charge is 2.59. The Labute approximate surface area is 388 Å². The summed E-state index contributed by atoms with van der Waals surface area (Å²) in [6.45, 7) is 0. The van der Waals surface area contributed by atoms with Crippen LogP contribution in [-0.4, -0.2) is 14.5 Å². The van der Waals surface area contributed by atoms with Gasteiger partial charge in [0.15, 0.2) is 5.82 Å². The van der Waals surface area contributed by atoms with Gasteiger partial charge in [0.25, 0.3) is 0 Å². The van der Waals surface area contributed by atoms with E-state index in [4.69, 9.17) is 9.97 Å². The number of benzene rings is 10. The minimum atomic E-state index is -0.634. The van der Waals surface area contributed by atoms with E-state index < -0.39 is 10.8 Å². The van der Waals surface area contributed by atoms with Crippen LogP contribution in [0.25, 0.3) is 83.3 Å². The van der Waals surface area contributed by atoms with Gasteiger partial charge >= 0.3 is 0 Å². The summed E-state index contributed by atoms with van der Waals surface area (Å²) in [5.74, 6) is 1.52. The van der Waals surface area contributed by atoms with E-state index in [1.165, 1.54) is 88.3 Å². The Balaban J connectivity index is 1.10. The molecule has 12 aromatic rings. The molecule has 3 aliphatic rings. The highest BCUT2D eigenvalue weighted by Crippen LogP contribution is 2.67. The van der Waals surface area contributed by atoms with Crippen molar-refractivity contribution in [3.8, 4) is 50.7 Å². The summed E-state index contributed by atoms with van der Waals surface area (Å²) < 4.78 is 2.44. The molecule has 3 nitrogen and oxygen atoms in total. The number of hydrogen-bond donors (Lipinski definition) is 0. The highest BCUT2D eigenvalue weighted by atomic mass is 15.1. The molecule has 2 spiro atoms. The Morgan fingerprint density at radius 1 is 0.313 bits per heavy atom. The lowest BCUT2D eigenvalue weighted by Crippen LogP contribution is -2.43. The number of hydrogen-bond acceptors (Lipinski definition) is 2. The molecular weight excluding hydrogens is 811 g/mol. The topological polar surface area (TPSA) is 30.7 Å². The maximum Gasteiger partial charge on any atom is 0.162 e. The SMILES string of the molecule is c1ccc(-c2cc(-n3c4cc5c(cc4c4ccc6ccccc6c43)-c3ccccc3C53c4ccccc4C4(c5ccccc5-c5ccccc54)c4ccccc43)nc(-c3ccccc3)n2)cc1. The van der Waals surface area contributed by atoms with Gasteiger partial charge in [-0.3, -0.25) is 4.57 Å². The van der Waals surface area contributed by atoms with E-state index in [2.05, 4.69) is 235 Å². The zero-order chi connectivity index (χ0) is 43.8. The zero-order valence-electron chi connectivity index (χ0n) is 36.4. The van der Waals surface area contributed by atoms with Gasteiger partial charge in [0.2, 0.25) is 0 Å². The van der Waals surface area contributed by atoms with Crippen LogP contribution in [0.15, 0.2) is 237 Å². The minimum absolute atomic E-state index is 0.510. The molecule has 0 saturated carbocycles. The third-order valence-corrected chi connectivity index (χ3v) is 15.3. The van der Waals surface area contributed by atoms with Crippen LogP contribution in [0, 0.1) is 0 Å². The van der Waals surface area contributed by atoms with Crippen LogP contribution in [0.1, 0.15) is 44.5 Å². The van der Waals surface area contributed by atoms with E-state index in [1.807, 2.05) is 6.07 Å². The first-order valence-electron chi connectivity index (χ1n) is 23.2. The van der Waals surface area contributed by atoms with Crippen LogP contribution in [0.5, 0.6) is 0 Å². The third kappa shape index (κ3) is 4.65. The standard InChI is InChI=1S/C64H39N3/c1-3-20-41(21-4-1)58-39-60(66-62(65-58)42-22-5-2-6-23-42)67-59-38-57-48(37-49(59)47-36-35-40-19-7-8-24-43(40)61(47)67)46-27-11-14-30-52(46)64(57)55-33-17-15-31-53(55)63(54-32-16-18-34-56(54)64)50-28-12-9-25-44(50)45-26-10-13-29-51(45)63/h1-39H. The molecule has 0 saturated heterocycles. The molecule has 0 radical (unpaired) electrons. The van der Waals surface area contributed by atoms with Gasteiger partial charge in [0.05, 0.1) is 27.6 Å². The van der Waals surface area contributed by atoms with Gasteiger partial charge in [-0.05, 0) is 84.3 Å². The largest absolute Gasteiger partial charge is 0.293 e. The molecule has 0 bridgehead atoms. The van der Waals surface area contributed by atoms with E-state index in [-0.39, 0.29) is 0 Å². The van der Waals surface area contributed by atoms with Gasteiger partial charge in [0, 0.05) is 33.4 Å².